The third kappa shape index (κ3) is 2.96. The highest BCUT2D eigenvalue weighted by Crippen LogP contribution is 2.26. The van der Waals surface area contributed by atoms with Gasteiger partial charge in [-0.05, 0) is 12.8 Å². The minimum atomic E-state index is -0.217. The molecule has 0 saturated carbocycles. The van der Waals surface area contributed by atoms with E-state index in [0.717, 1.165) is 19.4 Å². The Kier molecular flexibility index (Phi) is 3.36. The van der Waals surface area contributed by atoms with Gasteiger partial charge >= 0.3 is 0 Å². The van der Waals surface area contributed by atoms with Gasteiger partial charge in [0.1, 0.15) is 5.78 Å². The van der Waals surface area contributed by atoms with E-state index >= 15 is 0 Å². The van der Waals surface area contributed by atoms with E-state index in [-0.39, 0.29) is 16.8 Å². The number of carbonyl (C=O) groups excluding carboxylic acids is 1. The Morgan fingerprint density at radius 1 is 1.38 bits per heavy atom. The monoisotopic (exact) mass is 203 g/mol. The van der Waals surface area contributed by atoms with Crippen molar-refractivity contribution in [3.05, 3.63) is 0 Å². The number of nitrogens with one attached hydrogen (secondary N) is 1. The Morgan fingerprint density at radius 3 is 2.38 bits per heavy atom. The number of hydrogen-bond donors (Lipinski definition) is 1. The molecular weight excluding hydrogens is 186 g/mol. The Labute approximate surface area is 85.0 Å². The van der Waals surface area contributed by atoms with E-state index in [1.807, 2.05) is 20.8 Å². The van der Waals surface area contributed by atoms with Gasteiger partial charge in [0.2, 0.25) is 0 Å². The van der Waals surface area contributed by atoms with Crippen LogP contribution in [0, 0.1) is 11.3 Å². The Morgan fingerprint density at radius 2 is 2.00 bits per heavy atom. The van der Waals surface area contributed by atoms with Crippen molar-refractivity contribution in [2.75, 3.05) is 6.54 Å². The maximum Gasteiger partial charge on any atom is 0.142 e. The van der Waals surface area contributed by atoms with E-state index < -0.39 is 0 Å². The Bertz CT molecular complexity index is 190. The minimum absolute atomic E-state index is 0.0593. The first-order valence-corrected chi connectivity index (χ1v) is 5.26. The average Bonchev–Trinajstić information content (AvgIpc) is 2.03. The van der Waals surface area contributed by atoms with E-state index in [2.05, 4.69) is 5.32 Å². The highest BCUT2D eigenvalue weighted by molar-refractivity contribution is 6.20. The van der Waals surface area contributed by atoms with Gasteiger partial charge in [0.15, 0.2) is 0 Å². The van der Waals surface area contributed by atoms with Gasteiger partial charge in [0.05, 0.1) is 5.50 Å². The highest BCUT2D eigenvalue weighted by Gasteiger charge is 2.31. The number of carbonyl (C=O) groups is 1. The van der Waals surface area contributed by atoms with Crippen LogP contribution < -0.4 is 5.32 Å². The molecule has 1 aliphatic heterocycles. The maximum absolute atomic E-state index is 11.8. The molecule has 1 fully saturated rings. The van der Waals surface area contributed by atoms with Gasteiger partial charge in [-0.1, -0.05) is 20.8 Å². The van der Waals surface area contributed by atoms with E-state index in [4.69, 9.17) is 11.6 Å². The largest absolute Gasteiger partial charge is 0.301 e. The molecule has 1 heterocycles. The molecule has 0 amide bonds. The molecule has 1 N–H and O–H groups in total. The summed E-state index contributed by atoms with van der Waals surface area (Å²) < 4.78 is 0. The molecule has 3 heteroatoms. The molecule has 76 valence electrons. The summed E-state index contributed by atoms with van der Waals surface area (Å²) in [5, 5.41) is 3.13. The molecule has 0 aromatic carbocycles. The van der Waals surface area contributed by atoms with E-state index in [1.165, 1.54) is 0 Å². The van der Waals surface area contributed by atoms with Crippen molar-refractivity contribution in [2.24, 2.45) is 11.3 Å². The van der Waals surface area contributed by atoms with Crippen LogP contribution in [0.15, 0.2) is 0 Å². The van der Waals surface area contributed by atoms with Crippen LogP contribution in [0.25, 0.3) is 0 Å². The Balaban J connectivity index is 2.50. The molecule has 1 aliphatic rings. The van der Waals surface area contributed by atoms with E-state index in [0.29, 0.717) is 5.78 Å². The summed E-state index contributed by atoms with van der Waals surface area (Å²) in [4.78, 5) is 11.8. The minimum Gasteiger partial charge on any atom is -0.301 e. The summed E-state index contributed by atoms with van der Waals surface area (Å²) in [6.45, 7) is 6.66. The maximum atomic E-state index is 11.8. The molecule has 1 rings (SSSR count). The molecule has 2 nitrogen and oxygen atoms in total. The second kappa shape index (κ2) is 3.97. The van der Waals surface area contributed by atoms with Crippen LogP contribution in [0.5, 0.6) is 0 Å². The summed E-state index contributed by atoms with van der Waals surface area (Å²) in [6, 6.07) is 0. The first-order valence-electron chi connectivity index (χ1n) is 4.83. The fraction of sp³-hybridized carbons (Fsp3) is 0.900. The van der Waals surface area contributed by atoms with Crippen molar-refractivity contribution in [3.8, 4) is 0 Å². The number of rotatable bonds is 1. The zero-order valence-corrected chi connectivity index (χ0v) is 9.32. The number of Topliss-reactive ketones (excluding diaryl/α,β-unsaturated/α-hetero) is 1. The number of piperidine rings is 1. The molecule has 0 aliphatic carbocycles. The number of halogens is 1. The van der Waals surface area contributed by atoms with Gasteiger partial charge in [-0.3, -0.25) is 4.79 Å². The van der Waals surface area contributed by atoms with Crippen LogP contribution in [0.1, 0.15) is 33.6 Å². The van der Waals surface area contributed by atoms with Gasteiger partial charge in [0, 0.05) is 17.9 Å². The predicted molar refractivity (Wildman–Crippen MR) is 54.8 cm³/mol. The van der Waals surface area contributed by atoms with Crippen LogP contribution in [-0.4, -0.2) is 17.8 Å². The van der Waals surface area contributed by atoms with Gasteiger partial charge in [-0.2, -0.15) is 0 Å². The van der Waals surface area contributed by atoms with Crippen LogP contribution in [-0.2, 0) is 4.79 Å². The number of alkyl halides is 1. The third-order valence-corrected chi connectivity index (χ3v) is 2.84. The predicted octanol–water partition coefficient (Wildman–Crippen LogP) is 2.17. The van der Waals surface area contributed by atoms with Crippen molar-refractivity contribution in [1.82, 2.24) is 5.32 Å². The average molecular weight is 204 g/mol. The van der Waals surface area contributed by atoms with Gasteiger partial charge in [-0.15, -0.1) is 11.6 Å². The van der Waals surface area contributed by atoms with Gasteiger partial charge in [0.25, 0.3) is 0 Å². The number of ketones is 1. The third-order valence-electron chi connectivity index (χ3n) is 2.46. The molecule has 0 bridgehead atoms. The SMILES string of the molecule is CC(C)(C)C(=O)C1CCC(Cl)NC1. The molecule has 0 spiro atoms. The number of hydrogen-bond acceptors (Lipinski definition) is 2. The summed E-state index contributed by atoms with van der Waals surface area (Å²) in [5.41, 5.74) is -0.157. The van der Waals surface area contributed by atoms with Crippen LogP contribution in [0.3, 0.4) is 0 Å². The van der Waals surface area contributed by atoms with Crippen molar-refractivity contribution < 1.29 is 4.79 Å². The Hall–Kier alpha value is -0.0800. The van der Waals surface area contributed by atoms with Gasteiger partial charge in [-0.25, -0.2) is 0 Å². The lowest BCUT2D eigenvalue weighted by Gasteiger charge is -2.30. The van der Waals surface area contributed by atoms with Crippen molar-refractivity contribution in [1.29, 1.82) is 0 Å². The quantitative estimate of drug-likeness (QED) is 0.523. The van der Waals surface area contributed by atoms with Crippen molar-refractivity contribution in [3.63, 3.8) is 0 Å². The van der Waals surface area contributed by atoms with Crippen molar-refractivity contribution >= 4 is 17.4 Å². The molecule has 0 aromatic rings. The molecule has 0 aromatic heterocycles. The topological polar surface area (TPSA) is 29.1 Å². The zero-order chi connectivity index (χ0) is 10.1. The summed E-state index contributed by atoms with van der Waals surface area (Å²) in [7, 11) is 0. The molecule has 2 atom stereocenters. The lowest BCUT2D eigenvalue weighted by molar-refractivity contribution is -0.130. The second-order valence-electron chi connectivity index (χ2n) is 4.76. The molecular formula is C10H18ClNO. The fourth-order valence-corrected chi connectivity index (χ4v) is 1.87. The van der Waals surface area contributed by atoms with Gasteiger partial charge < -0.3 is 5.32 Å². The smallest absolute Gasteiger partial charge is 0.142 e. The zero-order valence-electron chi connectivity index (χ0n) is 8.56. The van der Waals surface area contributed by atoms with E-state index in [9.17, 15) is 4.79 Å². The van der Waals surface area contributed by atoms with Crippen LogP contribution in [0.2, 0.25) is 0 Å². The summed E-state index contributed by atoms with van der Waals surface area (Å²) >= 11 is 5.88. The molecule has 0 radical (unpaired) electrons. The van der Waals surface area contributed by atoms with E-state index in [1.54, 1.807) is 0 Å². The first kappa shape index (κ1) is 11.0. The van der Waals surface area contributed by atoms with Crippen molar-refractivity contribution in [2.45, 2.75) is 39.1 Å². The molecule has 13 heavy (non-hydrogen) atoms. The lowest BCUT2D eigenvalue weighted by atomic mass is 9.80. The normalized spacial score (nSPS) is 30.2. The first-order chi connectivity index (χ1) is 5.91. The summed E-state index contributed by atoms with van der Waals surface area (Å²) in [6.07, 6.45) is 1.82. The van der Waals surface area contributed by atoms with Crippen LogP contribution in [0.4, 0.5) is 0 Å². The molecule has 1 saturated heterocycles. The summed E-state index contributed by atoms with van der Waals surface area (Å²) in [5.74, 6) is 0.513. The standard InChI is InChI=1S/C10H18ClNO/c1-10(2,3)9(13)7-4-5-8(11)12-6-7/h7-8,12H,4-6H2,1-3H3. The molecule has 2 unspecified atom stereocenters. The lowest BCUT2D eigenvalue weighted by Crippen LogP contribution is -2.42. The second-order valence-corrected chi connectivity index (χ2v) is 5.29. The van der Waals surface area contributed by atoms with Crippen LogP contribution >= 0.6 is 11.6 Å². The highest BCUT2D eigenvalue weighted by atomic mass is 35.5. The fourth-order valence-electron chi connectivity index (χ4n) is 1.66.